The van der Waals surface area contributed by atoms with Gasteiger partial charge in [0.15, 0.2) is 0 Å². The summed E-state index contributed by atoms with van der Waals surface area (Å²) in [5.74, 6) is 0. The maximum atomic E-state index is 10.6. The summed E-state index contributed by atoms with van der Waals surface area (Å²) in [7, 11) is 0. The first-order valence-electron chi connectivity index (χ1n) is 6.90. The second kappa shape index (κ2) is 9.02. The number of primary amides is 1. The largest absolute Gasteiger partial charge is 0.350 e. The molecule has 1 rings (SSSR count). The average molecular weight is 239 g/mol. The van der Waals surface area contributed by atoms with E-state index >= 15 is 0 Å². The van der Waals surface area contributed by atoms with Gasteiger partial charge in [-0.1, -0.05) is 44.9 Å². The molecular formula is C13H25N3O. The Balaban J connectivity index is 2.36. The second-order valence-corrected chi connectivity index (χ2v) is 4.84. The molecule has 0 bridgehead atoms. The van der Waals surface area contributed by atoms with Crippen molar-refractivity contribution in [3.8, 4) is 0 Å². The average Bonchev–Trinajstić information content (AvgIpc) is 2.28. The van der Waals surface area contributed by atoms with E-state index in [-0.39, 0.29) is 0 Å². The third-order valence-electron chi connectivity index (χ3n) is 3.25. The van der Waals surface area contributed by atoms with E-state index < -0.39 is 6.03 Å². The van der Waals surface area contributed by atoms with E-state index in [9.17, 15) is 4.79 Å². The number of carbonyl (C=O) groups excluding carboxylic acids is 1. The highest BCUT2D eigenvalue weighted by atomic mass is 16.2. The van der Waals surface area contributed by atoms with E-state index in [1.165, 1.54) is 57.8 Å². The molecule has 4 nitrogen and oxygen atoms in total. The molecule has 1 aliphatic rings. The minimum absolute atomic E-state index is 0.566. The molecule has 0 aromatic carbocycles. The fraction of sp³-hybridized carbons (Fsp3) is 0.846. The van der Waals surface area contributed by atoms with Gasteiger partial charge in [0.2, 0.25) is 0 Å². The molecule has 17 heavy (non-hydrogen) atoms. The highest BCUT2D eigenvalue weighted by molar-refractivity contribution is 5.85. The van der Waals surface area contributed by atoms with Crippen LogP contribution >= 0.6 is 0 Å². The molecule has 0 aliphatic heterocycles. The number of amides is 2. The van der Waals surface area contributed by atoms with Crippen LogP contribution in [0.2, 0.25) is 0 Å². The van der Waals surface area contributed by atoms with Gasteiger partial charge < -0.3 is 5.73 Å². The molecule has 0 aromatic heterocycles. The summed E-state index contributed by atoms with van der Waals surface area (Å²) in [5, 5.41) is 4.10. The van der Waals surface area contributed by atoms with Crippen LogP contribution in [0, 0.1) is 0 Å². The maximum Gasteiger partial charge on any atom is 0.332 e. The number of hydrazone groups is 1. The summed E-state index contributed by atoms with van der Waals surface area (Å²) >= 11 is 0. The van der Waals surface area contributed by atoms with E-state index in [0.717, 1.165) is 18.6 Å². The molecule has 0 atom stereocenters. The lowest BCUT2D eigenvalue weighted by Gasteiger charge is -2.09. The molecule has 4 heteroatoms. The first-order chi connectivity index (χ1) is 8.29. The number of carbonyl (C=O) groups is 1. The first kappa shape index (κ1) is 14.0. The van der Waals surface area contributed by atoms with E-state index in [0.29, 0.717) is 0 Å². The molecule has 0 radical (unpaired) electrons. The number of hydrogen-bond acceptors (Lipinski definition) is 2. The van der Waals surface area contributed by atoms with E-state index in [2.05, 4.69) is 10.5 Å². The highest BCUT2D eigenvalue weighted by Gasteiger charge is 2.03. The molecule has 1 saturated carbocycles. The minimum Gasteiger partial charge on any atom is -0.350 e. The van der Waals surface area contributed by atoms with Crippen LogP contribution in [-0.2, 0) is 0 Å². The molecule has 0 saturated heterocycles. The molecule has 0 unspecified atom stereocenters. The molecule has 1 aliphatic carbocycles. The van der Waals surface area contributed by atoms with Crippen LogP contribution in [0.3, 0.4) is 0 Å². The van der Waals surface area contributed by atoms with Crippen LogP contribution in [0.15, 0.2) is 5.10 Å². The highest BCUT2D eigenvalue weighted by Crippen LogP contribution is 2.15. The number of nitrogens with zero attached hydrogens (tertiary/aromatic N) is 1. The molecular weight excluding hydrogens is 214 g/mol. The Labute approximate surface area is 104 Å². The number of hydrogen-bond donors (Lipinski definition) is 2. The lowest BCUT2D eigenvalue weighted by Crippen LogP contribution is -2.25. The van der Waals surface area contributed by atoms with E-state index in [1.807, 2.05) is 0 Å². The summed E-state index contributed by atoms with van der Waals surface area (Å²) < 4.78 is 0. The first-order valence-corrected chi connectivity index (χ1v) is 6.90. The van der Waals surface area contributed by atoms with E-state index in [1.54, 1.807) is 0 Å². The third-order valence-corrected chi connectivity index (χ3v) is 3.25. The molecule has 0 heterocycles. The number of rotatable bonds is 1. The topological polar surface area (TPSA) is 67.5 Å². The summed E-state index contributed by atoms with van der Waals surface area (Å²) in [6, 6.07) is -0.566. The SMILES string of the molecule is NC(=O)NN=C1CCCCCCCCCCC1. The van der Waals surface area contributed by atoms with Crippen molar-refractivity contribution in [3.05, 3.63) is 0 Å². The smallest absolute Gasteiger partial charge is 0.332 e. The van der Waals surface area contributed by atoms with Crippen LogP contribution in [0.1, 0.15) is 70.6 Å². The van der Waals surface area contributed by atoms with Gasteiger partial charge in [0.25, 0.3) is 0 Å². The van der Waals surface area contributed by atoms with Gasteiger partial charge in [0.1, 0.15) is 0 Å². The van der Waals surface area contributed by atoms with Crippen molar-refractivity contribution in [3.63, 3.8) is 0 Å². The van der Waals surface area contributed by atoms with Crippen molar-refractivity contribution >= 4 is 11.7 Å². The lowest BCUT2D eigenvalue weighted by molar-refractivity contribution is 0.249. The summed E-state index contributed by atoms with van der Waals surface area (Å²) in [5.41, 5.74) is 8.48. The molecule has 1 fully saturated rings. The van der Waals surface area contributed by atoms with Crippen molar-refractivity contribution in [2.45, 2.75) is 70.6 Å². The predicted octanol–water partition coefficient (Wildman–Crippen LogP) is 3.32. The molecule has 0 aromatic rings. The Bertz CT molecular complexity index is 237. The predicted molar refractivity (Wildman–Crippen MR) is 70.9 cm³/mol. The summed E-state index contributed by atoms with van der Waals surface area (Å²) in [4.78, 5) is 10.6. The fourth-order valence-corrected chi connectivity index (χ4v) is 2.27. The molecule has 3 N–H and O–H groups in total. The van der Waals surface area contributed by atoms with Gasteiger partial charge >= 0.3 is 6.03 Å². The zero-order chi connectivity index (χ0) is 12.3. The van der Waals surface area contributed by atoms with Gasteiger partial charge in [-0.15, -0.1) is 0 Å². The van der Waals surface area contributed by atoms with Gasteiger partial charge in [-0.3, -0.25) is 0 Å². The Morgan fingerprint density at radius 3 is 1.71 bits per heavy atom. The maximum absolute atomic E-state index is 10.6. The monoisotopic (exact) mass is 239 g/mol. The second-order valence-electron chi connectivity index (χ2n) is 4.84. The van der Waals surface area contributed by atoms with Crippen molar-refractivity contribution in [2.75, 3.05) is 0 Å². The van der Waals surface area contributed by atoms with Crippen LogP contribution in [0.4, 0.5) is 4.79 Å². The fourth-order valence-electron chi connectivity index (χ4n) is 2.27. The van der Waals surface area contributed by atoms with Crippen molar-refractivity contribution in [1.82, 2.24) is 5.43 Å². The lowest BCUT2D eigenvalue weighted by atomic mass is 10.00. The minimum atomic E-state index is -0.566. The normalized spacial score (nSPS) is 19.9. The number of urea groups is 1. The van der Waals surface area contributed by atoms with Gasteiger partial charge in [-0.05, 0) is 25.7 Å². The van der Waals surface area contributed by atoms with Gasteiger partial charge in [0, 0.05) is 5.71 Å². The van der Waals surface area contributed by atoms with E-state index in [4.69, 9.17) is 5.73 Å². The quantitative estimate of drug-likeness (QED) is 0.677. The number of nitrogens with one attached hydrogen (secondary N) is 1. The van der Waals surface area contributed by atoms with Crippen LogP contribution < -0.4 is 11.2 Å². The van der Waals surface area contributed by atoms with Gasteiger partial charge in [0.05, 0.1) is 0 Å². The number of nitrogens with two attached hydrogens (primary N) is 1. The van der Waals surface area contributed by atoms with Crippen molar-refractivity contribution < 1.29 is 4.79 Å². The zero-order valence-electron chi connectivity index (χ0n) is 10.7. The van der Waals surface area contributed by atoms with Gasteiger partial charge in [-0.2, -0.15) is 5.10 Å². The van der Waals surface area contributed by atoms with Crippen LogP contribution in [0.25, 0.3) is 0 Å². The summed E-state index contributed by atoms with van der Waals surface area (Å²) in [6.07, 6.45) is 13.7. The molecule has 0 spiro atoms. The van der Waals surface area contributed by atoms with Crippen molar-refractivity contribution in [2.24, 2.45) is 10.8 Å². The van der Waals surface area contributed by atoms with Gasteiger partial charge in [-0.25, -0.2) is 10.2 Å². The Morgan fingerprint density at radius 2 is 1.29 bits per heavy atom. The standard InChI is InChI=1S/C13H25N3O/c14-13(17)16-15-12-10-8-6-4-2-1-3-5-7-9-11-12/h1-11H2,(H3,14,16,17). The van der Waals surface area contributed by atoms with Crippen LogP contribution in [-0.4, -0.2) is 11.7 Å². The Kier molecular flexibility index (Phi) is 7.43. The molecule has 2 amide bonds. The Hall–Kier alpha value is -1.06. The zero-order valence-corrected chi connectivity index (χ0v) is 10.7. The third kappa shape index (κ3) is 7.77. The van der Waals surface area contributed by atoms with Crippen LogP contribution in [0.5, 0.6) is 0 Å². The van der Waals surface area contributed by atoms with Crippen molar-refractivity contribution in [1.29, 1.82) is 0 Å². The molecule has 98 valence electrons. The Morgan fingerprint density at radius 1 is 0.882 bits per heavy atom. The summed E-state index contributed by atoms with van der Waals surface area (Å²) in [6.45, 7) is 0.